The van der Waals surface area contributed by atoms with Gasteiger partial charge in [-0.25, -0.2) is 19.6 Å². The summed E-state index contributed by atoms with van der Waals surface area (Å²) in [7, 11) is 0. The highest BCUT2D eigenvalue weighted by atomic mass is 16.6. The summed E-state index contributed by atoms with van der Waals surface area (Å²) in [4.78, 5) is 32.0. The zero-order valence-corrected chi connectivity index (χ0v) is 26.2. The maximum absolute atomic E-state index is 12.1. The maximum atomic E-state index is 12.1. The lowest BCUT2D eigenvalue weighted by atomic mass is 10.1. The van der Waals surface area contributed by atoms with Gasteiger partial charge in [0.05, 0.1) is 11.1 Å². The van der Waals surface area contributed by atoms with Crippen LogP contribution >= 0.6 is 0 Å². The number of nitrogens with zero attached hydrogens (tertiary/aromatic N) is 6. The highest BCUT2D eigenvalue weighted by Crippen LogP contribution is 2.15. The molecule has 0 unspecified atom stereocenters. The Morgan fingerprint density at radius 1 is 0.682 bits per heavy atom. The molecule has 0 saturated carbocycles. The summed E-state index contributed by atoms with van der Waals surface area (Å²) in [6, 6.07) is 14.8. The molecule has 0 aliphatic rings. The van der Waals surface area contributed by atoms with Gasteiger partial charge in [-0.15, -0.1) is 0 Å². The van der Waals surface area contributed by atoms with Gasteiger partial charge in [0.2, 0.25) is 0 Å². The molecule has 2 N–H and O–H groups in total. The van der Waals surface area contributed by atoms with Gasteiger partial charge in [-0.1, -0.05) is 24.3 Å². The molecule has 0 aliphatic carbocycles. The summed E-state index contributed by atoms with van der Waals surface area (Å²) < 4.78 is 14.1. The summed E-state index contributed by atoms with van der Waals surface area (Å²) in [6.07, 6.45) is 4.60. The lowest BCUT2D eigenvalue weighted by Gasteiger charge is -2.19. The first-order chi connectivity index (χ1) is 20.7. The molecule has 0 saturated heterocycles. The first-order valence-corrected chi connectivity index (χ1v) is 14.4. The molecule has 44 heavy (non-hydrogen) atoms. The van der Waals surface area contributed by atoms with Crippen LogP contribution in [0.15, 0.2) is 61.2 Å². The Labute approximate surface area is 257 Å². The van der Waals surface area contributed by atoms with E-state index in [1.165, 1.54) is 0 Å². The largest absolute Gasteiger partial charge is 0.456 e. The minimum atomic E-state index is -0.505. The Kier molecular flexibility index (Phi) is 11.9. The number of benzene rings is 2. The minimum Gasteiger partial charge on any atom is -0.456 e. The van der Waals surface area contributed by atoms with Crippen LogP contribution in [0.5, 0.6) is 0 Å². The molecule has 0 radical (unpaired) electrons. The van der Waals surface area contributed by atoms with Crippen molar-refractivity contribution in [2.75, 3.05) is 0 Å². The smallest absolute Gasteiger partial charge is 0.338 e. The summed E-state index contributed by atoms with van der Waals surface area (Å²) in [6.45, 7) is 12.0. The van der Waals surface area contributed by atoms with E-state index in [9.17, 15) is 9.59 Å². The van der Waals surface area contributed by atoms with E-state index in [0.717, 1.165) is 11.1 Å². The second-order valence-electron chi connectivity index (χ2n) is 12.1. The van der Waals surface area contributed by atoms with Gasteiger partial charge in [-0.2, -0.15) is 10.2 Å². The number of ether oxygens (including phenoxy) is 2. The number of esters is 2. The van der Waals surface area contributed by atoms with Gasteiger partial charge in [0, 0.05) is 13.1 Å². The average molecular weight is 607 g/mol. The molecular formula is C32H42N6O6. The fraction of sp³-hybridized carbons (Fsp3) is 0.438. The summed E-state index contributed by atoms with van der Waals surface area (Å²) in [5.41, 5.74) is 2.11. The Balaban J connectivity index is 0.000000240. The lowest BCUT2D eigenvalue weighted by molar-refractivity contribution is 0.00569. The molecule has 2 aromatic carbocycles. The standard InChI is InChI=1S/2C16H21N3O3/c2*1-16(2,3)22-15(21)13-6-4-5-12(9-13)7-8-19-11-17-14(10-20)18-19/h2*4-6,9,11,20H,7-8,10H2,1-3H3. The lowest BCUT2D eigenvalue weighted by Crippen LogP contribution is -2.23. The zero-order chi connectivity index (χ0) is 32.3. The zero-order valence-electron chi connectivity index (χ0n) is 26.2. The van der Waals surface area contributed by atoms with Crippen LogP contribution in [-0.4, -0.2) is 62.9 Å². The van der Waals surface area contributed by atoms with Crippen LogP contribution in [0.1, 0.15) is 85.0 Å². The molecule has 0 amide bonds. The molecule has 0 fully saturated rings. The predicted molar refractivity (Wildman–Crippen MR) is 163 cm³/mol. The molecule has 12 heteroatoms. The van der Waals surface area contributed by atoms with Crippen LogP contribution in [0, 0.1) is 0 Å². The van der Waals surface area contributed by atoms with Crippen molar-refractivity contribution in [1.82, 2.24) is 29.5 Å². The monoisotopic (exact) mass is 606 g/mol. The number of carbonyl (C=O) groups is 2. The third-order valence-corrected chi connectivity index (χ3v) is 5.83. The van der Waals surface area contributed by atoms with E-state index >= 15 is 0 Å². The van der Waals surface area contributed by atoms with Gasteiger partial charge in [0.1, 0.15) is 37.1 Å². The summed E-state index contributed by atoms with van der Waals surface area (Å²) >= 11 is 0. The van der Waals surface area contributed by atoms with Gasteiger partial charge < -0.3 is 19.7 Å². The molecule has 12 nitrogen and oxygen atoms in total. The third-order valence-electron chi connectivity index (χ3n) is 5.83. The fourth-order valence-electron chi connectivity index (χ4n) is 3.90. The number of hydrogen-bond donors (Lipinski definition) is 2. The average Bonchev–Trinajstić information content (AvgIpc) is 3.63. The Morgan fingerprint density at radius 3 is 1.39 bits per heavy atom. The molecule has 4 aromatic rings. The molecule has 2 aromatic heterocycles. The fourth-order valence-corrected chi connectivity index (χ4v) is 3.90. The quantitative estimate of drug-likeness (QED) is 0.254. The first-order valence-electron chi connectivity index (χ1n) is 14.4. The summed E-state index contributed by atoms with van der Waals surface area (Å²) in [5.74, 6) is 0.167. The topological polar surface area (TPSA) is 154 Å². The van der Waals surface area contributed by atoms with E-state index in [0.29, 0.717) is 48.7 Å². The van der Waals surface area contributed by atoms with Crippen molar-refractivity contribution in [2.24, 2.45) is 0 Å². The van der Waals surface area contributed by atoms with E-state index in [2.05, 4.69) is 20.2 Å². The van der Waals surface area contributed by atoms with Crippen molar-refractivity contribution in [3.05, 3.63) is 95.1 Å². The number of carbonyl (C=O) groups excluding carboxylic acids is 2. The maximum Gasteiger partial charge on any atom is 0.338 e. The normalized spacial score (nSPS) is 11.5. The number of aliphatic hydroxyl groups is 2. The molecule has 0 spiro atoms. The summed E-state index contributed by atoms with van der Waals surface area (Å²) in [5, 5.41) is 26.1. The van der Waals surface area contributed by atoms with Crippen molar-refractivity contribution in [1.29, 1.82) is 0 Å². The van der Waals surface area contributed by atoms with Crippen molar-refractivity contribution in [3.63, 3.8) is 0 Å². The van der Waals surface area contributed by atoms with Gasteiger partial charge in [0.15, 0.2) is 11.6 Å². The van der Waals surface area contributed by atoms with E-state index in [-0.39, 0.29) is 25.2 Å². The number of aliphatic hydroxyl groups excluding tert-OH is 2. The van der Waals surface area contributed by atoms with Crippen LogP contribution in [0.4, 0.5) is 0 Å². The van der Waals surface area contributed by atoms with Crippen LogP contribution in [-0.2, 0) is 48.6 Å². The van der Waals surface area contributed by atoms with E-state index in [4.69, 9.17) is 19.7 Å². The van der Waals surface area contributed by atoms with Gasteiger partial charge in [-0.3, -0.25) is 9.36 Å². The molecule has 4 rings (SSSR count). The van der Waals surface area contributed by atoms with Crippen LogP contribution in [0.2, 0.25) is 0 Å². The molecule has 0 atom stereocenters. The number of hydrogen-bond acceptors (Lipinski definition) is 10. The molecule has 0 bridgehead atoms. The van der Waals surface area contributed by atoms with E-state index < -0.39 is 11.2 Å². The van der Waals surface area contributed by atoms with Crippen molar-refractivity contribution < 1.29 is 29.3 Å². The Morgan fingerprint density at radius 2 is 1.07 bits per heavy atom. The van der Waals surface area contributed by atoms with E-state index in [1.807, 2.05) is 77.9 Å². The van der Waals surface area contributed by atoms with Gasteiger partial charge in [0.25, 0.3) is 0 Å². The van der Waals surface area contributed by atoms with Crippen molar-refractivity contribution >= 4 is 11.9 Å². The van der Waals surface area contributed by atoms with Crippen molar-refractivity contribution in [3.8, 4) is 0 Å². The minimum absolute atomic E-state index is 0.166. The van der Waals surface area contributed by atoms with Gasteiger partial charge >= 0.3 is 11.9 Å². The Hall–Kier alpha value is -4.42. The molecular weight excluding hydrogens is 564 g/mol. The number of aromatic nitrogens is 6. The second kappa shape index (κ2) is 15.3. The third kappa shape index (κ3) is 11.7. The van der Waals surface area contributed by atoms with Crippen molar-refractivity contribution in [2.45, 2.75) is 91.9 Å². The van der Waals surface area contributed by atoms with Crippen LogP contribution in [0.25, 0.3) is 0 Å². The second-order valence-corrected chi connectivity index (χ2v) is 12.1. The number of aryl methyl sites for hydroxylation is 4. The van der Waals surface area contributed by atoms with E-state index in [1.54, 1.807) is 34.2 Å². The van der Waals surface area contributed by atoms with Crippen LogP contribution in [0.3, 0.4) is 0 Å². The highest BCUT2D eigenvalue weighted by Gasteiger charge is 2.19. The molecule has 2 heterocycles. The molecule has 236 valence electrons. The molecule has 0 aliphatic heterocycles. The first kappa shape index (κ1) is 34.1. The SMILES string of the molecule is CC(C)(C)OC(=O)c1cccc(CCn2cnc(CO)n2)c1.CC(C)(C)OC(=O)c1cccc(CCn2cnc(CO)n2)c1. The Bertz CT molecular complexity index is 1400. The van der Waals surface area contributed by atoms with Crippen LogP contribution < -0.4 is 0 Å². The number of rotatable bonds is 10. The van der Waals surface area contributed by atoms with Gasteiger partial charge in [-0.05, 0) is 89.8 Å². The predicted octanol–water partition coefficient (Wildman–Crippen LogP) is 3.94. The highest BCUT2D eigenvalue weighted by molar-refractivity contribution is 5.90.